The Bertz CT molecular complexity index is 558. The maximum Gasteiger partial charge on any atom is 0.317 e. The van der Waals surface area contributed by atoms with Crippen LogP contribution in [-0.4, -0.2) is 23.8 Å². The number of carbonyl (C=O) groups excluding carboxylic acids is 2. The number of aromatic nitrogens is 1. The molecule has 0 spiro atoms. The van der Waals surface area contributed by atoms with Gasteiger partial charge in [-0.3, -0.25) is 9.59 Å². The molecular formula is C16H21NO3. The largest absolute Gasteiger partial charge is 0.468 e. The molecule has 108 valence electrons. The summed E-state index contributed by atoms with van der Waals surface area (Å²) in [6.45, 7) is 2.08. The average molecular weight is 275 g/mol. The van der Waals surface area contributed by atoms with E-state index in [-0.39, 0.29) is 17.7 Å². The summed E-state index contributed by atoms with van der Waals surface area (Å²) in [5.41, 5.74) is 4.20. The van der Waals surface area contributed by atoms with Crippen molar-refractivity contribution >= 4 is 11.8 Å². The van der Waals surface area contributed by atoms with E-state index >= 15 is 0 Å². The summed E-state index contributed by atoms with van der Waals surface area (Å²) < 4.78 is 4.85. The monoisotopic (exact) mass is 275 g/mol. The van der Waals surface area contributed by atoms with E-state index in [1.54, 1.807) is 0 Å². The molecule has 0 radical (unpaired) electrons. The third kappa shape index (κ3) is 1.81. The number of nitrogens with one attached hydrogen (secondary N) is 1. The lowest BCUT2D eigenvalue weighted by Crippen LogP contribution is -2.26. The van der Waals surface area contributed by atoms with E-state index in [4.69, 9.17) is 4.74 Å². The van der Waals surface area contributed by atoms with Gasteiger partial charge in [-0.05, 0) is 37.7 Å². The smallest absolute Gasteiger partial charge is 0.317 e. The van der Waals surface area contributed by atoms with Gasteiger partial charge in [-0.25, -0.2) is 0 Å². The molecule has 0 saturated heterocycles. The second-order valence-corrected chi connectivity index (χ2v) is 5.84. The zero-order valence-electron chi connectivity index (χ0n) is 12.1. The highest BCUT2D eigenvalue weighted by Crippen LogP contribution is 2.44. The number of hydrogen-bond donors (Lipinski definition) is 1. The zero-order valence-corrected chi connectivity index (χ0v) is 12.1. The maximum atomic E-state index is 12.7. The van der Waals surface area contributed by atoms with Crippen LogP contribution in [0.15, 0.2) is 0 Å². The highest BCUT2D eigenvalue weighted by atomic mass is 16.5. The van der Waals surface area contributed by atoms with E-state index in [1.165, 1.54) is 24.8 Å². The van der Waals surface area contributed by atoms with Crippen molar-refractivity contribution in [3.63, 3.8) is 0 Å². The molecule has 0 bridgehead atoms. The van der Waals surface area contributed by atoms with Crippen molar-refractivity contribution in [1.29, 1.82) is 0 Å². The molecule has 2 aliphatic rings. The number of Topliss-reactive ketones (excluding diaryl/α,β-unsaturated/α-hetero) is 1. The van der Waals surface area contributed by atoms with Gasteiger partial charge in [-0.2, -0.15) is 0 Å². The van der Waals surface area contributed by atoms with Crippen LogP contribution >= 0.6 is 0 Å². The summed E-state index contributed by atoms with van der Waals surface area (Å²) in [5, 5.41) is 0. The van der Waals surface area contributed by atoms with Crippen molar-refractivity contribution < 1.29 is 14.3 Å². The molecule has 0 aromatic carbocycles. The van der Waals surface area contributed by atoms with E-state index < -0.39 is 5.92 Å². The molecule has 0 unspecified atom stereocenters. The van der Waals surface area contributed by atoms with Gasteiger partial charge in [0.2, 0.25) is 0 Å². The number of ketones is 1. The summed E-state index contributed by atoms with van der Waals surface area (Å²) in [4.78, 5) is 28.1. The topological polar surface area (TPSA) is 59.2 Å². The van der Waals surface area contributed by atoms with Crippen LogP contribution in [0, 0.1) is 5.92 Å². The van der Waals surface area contributed by atoms with Crippen LogP contribution in [0.4, 0.5) is 0 Å². The standard InChI is InChI=1S/C16H21NO3/c1-3-6-10-13(16(19)20-2)15(18)12-9-7-4-5-8-11(9)17-14(10)12/h10,13,17H,3-8H2,1-2H3/t10-,13-/m1/s1. The maximum absolute atomic E-state index is 12.7. The minimum atomic E-state index is -0.631. The Kier molecular flexibility index (Phi) is 3.40. The van der Waals surface area contributed by atoms with Crippen LogP contribution in [0.2, 0.25) is 0 Å². The molecule has 4 nitrogen and oxygen atoms in total. The predicted molar refractivity (Wildman–Crippen MR) is 74.9 cm³/mol. The van der Waals surface area contributed by atoms with Crippen LogP contribution in [0.3, 0.4) is 0 Å². The molecule has 0 amide bonds. The van der Waals surface area contributed by atoms with Crippen LogP contribution in [0.5, 0.6) is 0 Å². The first kappa shape index (κ1) is 13.4. The van der Waals surface area contributed by atoms with Crippen molar-refractivity contribution in [3.8, 4) is 0 Å². The highest BCUT2D eigenvalue weighted by Gasteiger charge is 2.47. The summed E-state index contributed by atoms with van der Waals surface area (Å²) in [7, 11) is 1.36. The Morgan fingerprint density at radius 2 is 2.10 bits per heavy atom. The molecule has 20 heavy (non-hydrogen) atoms. The molecule has 1 aromatic heterocycles. The Hall–Kier alpha value is -1.58. The Balaban J connectivity index is 2.06. The summed E-state index contributed by atoms with van der Waals surface area (Å²) >= 11 is 0. The third-order valence-corrected chi connectivity index (χ3v) is 4.68. The summed E-state index contributed by atoms with van der Waals surface area (Å²) in [6.07, 6.45) is 6.09. The fourth-order valence-electron chi connectivity index (χ4n) is 3.79. The second kappa shape index (κ2) is 5.08. The van der Waals surface area contributed by atoms with E-state index in [1.807, 2.05) is 0 Å². The number of methoxy groups -OCH3 is 1. The molecule has 0 saturated carbocycles. The third-order valence-electron chi connectivity index (χ3n) is 4.68. The first-order chi connectivity index (χ1) is 9.69. The SMILES string of the molecule is CCC[C@H]1c2[nH]c3c(c2C(=O)[C@@H]1C(=O)OC)CCCC3. The molecule has 4 heteroatoms. The fraction of sp³-hybridized carbons (Fsp3) is 0.625. The van der Waals surface area contributed by atoms with Gasteiger partial charge in [-0.1, -0.05) is 13.3 Å². The first-order valence-electron chi connectivity index (χ1n) is 7.54. The molecule has 3 rings (SSSR count). The van der Waals surface area contributed by atoms with Gasteiger partial charge < -0.3 is 9.72 Å². The van der Waals surface area contributed by atoms with Crippen molar-refractivity contribution in [2.45, 2.75) is 51.4 Å². The zero-order chi connectivity index (χ0) is 14.3. The lowest BCUT2D eigenvalue weighted by atomic mass is 9.89. The van der Waals surface area contributed by atoms with Crippen LogP contribution < -0.4 is 0 Å². The predicted octanol–water partition coefficient (Wildman–Crippen LogP) is 2.76. The van der Waals surface area contributed by atoms with Gasteiger partial charge in [0.15, 0.2) is 5.78 Å². The van der Waals surface area contributed by atoms with Crippen molar-refractivity contribution in [1.82, 2.24) is 4.98 Å². The van der Waals surface area contributed by atoms with Gasteiger partial charge in [-0.15, -0.1) is 0 Å². The minimum Gasteiger partial charge on any atom is -0.468 e. The summed E-state index contributed by atoms with van der Waals surface area (Å²) in [6, 6.07) is 0. The van der Waals surface area contributed by atoms with Gasteiger partial charge in [0.05, 0.1) is 7.11 Å². The molecule has 1 heterocycles. The molecule has 1 N–H and O–H groups in total. The average Bonchev–Trinajstić information content (AvgIpc) is 2.96. The van der Waals surface area contributed by atoms with Gasteiger partial charge in [0.1, 0.15) is 5.92 Å². The Morgan fingerprint density at radius 1 is 1.35 bits per heavy atom. The quantitative estimate of drug-likeness (QED) is 0.681. The van der Waals surface area contributed by atoms with Crippen molar-refractivity contribution in [2.75, 3.05) is 7.11 Å². The first-order valence-corrected chi connectivity index (χ1v) is 7.54. The number of rotatable bonds is 3. The normalized spacial score (nSPS) is 24.4. The number of hydrogen-bond acceptors (Lipinski definition) is 3. The Labute approximate surface area is 118 Å². The lowest BCUT2D eigenvalue weighted by Gasteiger charge is -2.17. The lowest BCUT2D eigenvalue weighted by molar-refractivity contribution is -0.144. The molecule has 2 atom stereocenters. The van der Waals surface area contributed by atoms with Crippen molar-refractivity contribution in [3.05, 3.63) is 22.5 Å². The van der Waals surface area contributed by atoms with Crippen LogP contribution in [0.1, 0.15) is 65.8 Å². The molecule has 1 aromatic rings. The molecule has 2 aliphatic carbocycles. The van der Waals surface area contributed by atoms with Crippen LogP contribution in [0.25, 0.3) is 0 Å². The van der Waals surface area contributed by atoms with E-state index in [0.29, 0.717) is 0 Å². The number of aryl methyl sites for hydroxylation is 1. The van der Waals surface area contributed by atoms with Gasteiger partial charge in [0.25, 0.3) is 0 Å². The summed E-state index contributed by atoms with van der Waals surface area (Å²) in [5.74, 6) is -1.07. The number of fused-ring (bicyclic) bond motifs is 3. The van der Waals surface area contributed by atoms with Gasteiger partial charge >= 0.3 is 5.97 Å². The number of H-pyrrole nitrogens is 1. The van der Waals surface area contributed by atoms with E-state index in [9.17, 15) is 9.59 Å². The number of esters is 1. The molecule has 0 aliphatic heterocycles. The number of ether oxygens (including phenoxy) is 1. The number of carbonyl (C=O) groups is 2. The van der Waals surface area contributed by atoms with Gasteiger partial charge in [0, 0.05) is 22.9 Å². The molecular weight excluding hydrogens is 254 g/mol. The van der Waals surface area contributed by atoms with E-state index in [2.05, 4.69) is 11.9 Å². The van der Waals surface area contributed by atoms with Crippen molar-refractivity contribution in [2.24, 2.45) is 5.92 Å². The fourth-order valence-corrected chi connectivity index (χ4v) is 3.79. The highest BCUT2D eigenvalue weighted by molar-refractivity contribution is 6.14. The minimum absolute atomic E-state index is 0.0234. The number of aromatic amines is 1. The second-order valence-electron chi connectivity index (χ2n) is 5.84. The van der Waals surface area contributed by atoms with Crippen LogP contribution in [-0.2, 0) is 22.4 Å². The Morgan fingerprint density at radius 3 is 2.80 bits per heavy atom. The van der Waals surface area contributed by atoms with E-state index in [0.717, 1.165) is 43.4 Å². The molecule has 0 fully saturated rings.